The van der Waals surface area contributed by atoms with Gasteiger partial charge in [0, 0.05) is 38.9 Å². The molecule has 1 aliphatic carbocycles. The smallest absolute Gasteiger partial charge is 0.299 e. The maximum atomic E-state index is 15.0. The van der Waals surface area contributed by atoms with Crippen molar-refractivity contribution in [3.63, 3.8) is 0 Å². The molecule has 13 heteroatoms. The summed E-state index contributed by atoms with van der Waals surface area (Å²) in [7, 11) is 0. The van der Waals surface area contributed by atoms with Crippen molar-refractivity contribution >= 4 is 34.9 Å². The van der Waals surface area contributed by atoms with Gasteiger partial charge in [0.15, 0.2) is 5.67 Å². The maximum Gasteiger partial charge on any atom is 0.299 e. The molecule has 2 atom stereocenters. The summed E-state index contributed by atoms with van der Waals surface area (Å²) in [5, 5.41) is 14.1. The molecule has 3 aromatic rings. The Morgan fingerprint density at radius 1 is 1.02 bits per heavy atom. The van der Waals surface area contributed by atoms with E-state index in [1.807, 2.05) is 0 Å². The standard InChI is InChI=1S/C28H25F4N5O3S/c29-13-27(30)9-22(26(40)35-10-17-7-16(12-41-17)24(33)34)37(14-27)23(38)11-36-25(39)15-5-6-21-19(8-15)18-3-1-2-4-20(18)28(21,31)32/h1-8,12,22H,9-11,13-14H2,(H3,33,34)(H,35,40)(H,36,39)/t22-,27-/m0/s1. The molecule has 41 heavy (non-hydrogen) atoms. The number of hydrogen-bond acceptors (Lipinski definition) is 5. The highest BCUT2D eigenvalue weighted by atomic mass is 32.1. The van der Waals surface area contributed by atoms with Crippen LogP contribution in [0.5, 0.6) is 0 Å². The van der Waals surface area contributed by atoms with Gasteiger partial charge in [0.1, 0.15) is 18.6 Å². The zero-order valence-electron chi connectivity index (χ0n) is 21.5. The van der Waals surface area contributed by atoms with E-state index in [0.717, 1.165) is 4.90 Å². The number of benzene rings is 2. The number of hydrogen-bond donors (Lipinski definition) is 4. The van der Waals surface area contributed by atoms with Crippen molar-refractivity contribution in [3.8, 4) is 11.1 Å². The number of nitrogens with two attached hydrogens (primary N) is 1. The zero-order valence-corrected chi connectivity index (χ0v) is 22.3. The number of carbonyl (C=O) groups excluding carboxylic acids is 3. The molecule has 8 nitrogen and oxygen atoms in total. The minimum Gasteiger partial charge on any atom is -0.384 e. The molecule has 0 saturated carbocycles. The average molecular weight is 588 g/mol. The first kappa shape index (κ1) is 28.3. The van der Waals surface area contributed by atoms with Gasteiger partial charge in [-0.1, -0.05) is 30.3 Å². The number of amidine groups is 1. The van der Waals surface area contributed by atoms with Crippen LogP contribution >= 0.6 is 11.3 Å². The molecule has 1 aliphatic heterocycles. The van der Waals surface area contributed by atoms with Crippen LogP contribution in [0.15, 0.2) is 53.9 Å². The van der Waals surface area contributed by atoms with Crippen molar-refractivity contribution in [1.29, 1.82) is 5.41 Å². The Balaban J connectivity index is 1.25. The monoisotopic (exact) mass is 587 g/mol. The lowest BCUT2D eigenvalue weighted by Gasteiger charge is -2.24. The largest absolute Gasteiger partial charge is 0.384 e. The summed E-state index contributed by atoms with van der Waals surface area (Å²) in [6, 6.07) is 9.98. The average Bonchev–Trinajstić information content (AvgIpc) is 3.64. The number of nitrogen functional groups attached to an aromatic ring is 1. The van der Waals surface area contributed by atoms with Crippen LogP contribution in [0.25, 0.3) is 11.1 Å². The maximum absolute atomic E-state index is 15.0. The Kier molecular flexibility index (Phi) is 7.32. The van der Waals surface area contributed by atoms with Gasteiger partial charge in [0.25, 0.3) is 11.8 Å². The van der Waals surface area contributed by atoms with Gasteiger partial charge in [-0.25, -0.2) is 8.78 Å². The topological polar surface area (TPSA) is 128 Å². The molecule has 2 heterocycles. The normalized spacial score (nSPS) is 20.3. The lowest BCUT2D eigenvalue weighted by molar-refractivity contribution is -0.137. The second kappa shape index (κ2) is 10.6. The summed E-state index contributed by atoms with van der Waals surface area (Å²) < 4.78 is 58.1. The Hall–Kier alpha value is -4.26. The number of likely N-dealkylation sites (tertiary alicyclic amines) is 1. The fourth-order valence-electron chi connectivity index (χ4n) is 5.11. The van der Waals surface area contributed by atoms with Gasteiger partial charge in [0.05, 0.1) is 19.6 Å². The molecule has 2 aliphatic rings. The van der Waals surface area contributed by atoms with Crippen LogP contribution in [-0.2, 0) is 22.1 Å². The third kappa shape index (κ3) is 5.29. The van der Waals surface area contributed by atoms with Crippen molar-refractivity contribution in [2.75, 3.05) is 19.8 Å². The number of nitrogens with one attached hydrogen (secondary N) is 3. The molecule has 2 aromatic carbocycles. The van der Waals surface area contributed by atoms with Crippen molar-refractivity contribution < 1.29 is 31.9 Å². The van der Waals surface area contributed by atoms with Gasteiger partial charge >= 0.3 is 0 Å². The van der Waals surface area contributed by atoms with Crippen molar-refractivity contribution in [1.82, 2.24) is 15.5 Å². The SMILES string of the molecule is N=C(N)c1csc(CNC(=O)[C@@H]2C[C@](F)(CF)CN2C(=O)CNC(=O)c2ccc3c(c2)-c2ccccc2C3(F)F)c1. The molecular formula is C28H25F4N5O3S. The quantitative estimate of drug-likeness (QED) is 0.183. The van der Waals surface area contributed by atoms with E-state index >= 15 is 0 Å². The molecule has 0 bridgehead atoms. The molecule has 1 saturated heterocycles. The number of alkyl halides is 4. The Morgan fingerprint density at radius 2 is 1.76 bits per heavy atom. The van der Waals surface area contributed by atoms with Crippen LogP contribution in [0.4, 0.5) is 17.6 Å². The van der Waals surface area contributed by atoms with E-state index in [1.165, 1.54) is 47.7 Å². The number of fused-ring (bicyclic) bond motifs is 3. The number of nitrogens with zero attached hydrogens (tertiary/aromatic N) is 1. The Morgan fingerprint density at radius 3 is 2.46 bits per heavy atom. The summed E-state index contributed by atoms with van der Waals surface area (Å²) in [4.78, 5) is 40.3. The molecule has 5 rings (SSSR count). The second-order valence-electron chi connectivity index (χ2n) is 10.0. The molecule has 5 N–H and O–H groups in total. The summed E-state index contributed by atoms with van der Waals surface area (Å²) in [6.45, 7) is -2.67. The van der Waals surface area contributed by atoms with Crippen LogP contribution in [0.3, 0.4) is 0 Å². The van der Waals surface area contributed by atoms with Crippen LogP contribution in [0.2, 0.25) is 0 Å². The predicted octanol–water partition coefficient (Wildman–Crippen LogP) is 3.48. The van der Waals surface area contributed by atoms with Crippen LogP contribution in [-0.4, -0.2) is 59.9 Å². The minimum atomic E-state index is -3.21. The van der Waals surface area contributed by atoms with Crippen LogP contribution in [0.1, 0.15) is 38.3 Å². The predicted molar refractivity (Wildman–Crippen MR) is 144 cm³/mol. The first-order chi connectivity index (χ1) is 19.4. The zero-order chi connectivity index (χ0) is 29.5. The highest BCUT2D eigenvalue weighted by Gasteiger charge is 2.49. The van der Waals surface area contributed by atoms with Gasteiger partial charge in [-0.05, 0) is 29.3 Å². The Labute approximate surface area is 236 Å². The van der Waals surface area contributed by atoms with Gasteiger partial charge in [0.2, 0.25) is 11.8 Å². The van der Waals surface area contributed by atoms with Gasteiger partial charge in [-0.15, -0.1) is 11.3 Å². The van der Waals surface area contributed by atoms with E-state index in [0.29, 0.717) is 16.0 Å². The number of halogens is 4. The third-order valence-electron chi connectivity index (χ3n) is 7.23. The minimum absolute atomic E-state index is 0.0292. The van der Waals surface area contributed by atoms with Crippen molar-refractivity contribution in [2.24, 2.45) is 5.73 Å². The number of amides is 3. The third-order valence-corrected chi connectivity index (χ3v) is 8.17. The lowest BCUT2D eigenvalue weighted by Crippen LogP contribution is -2.49. The van der Waals surface area contributed by atoms with E-state index in [9.17, 15) is 31.9 Å². The molecule has 1 fully saturated rings. The van der Waals surface area contributed by atoms with E-state index < -0.39 is 61.5 Å². The van der Waals surface area contributed by atoms with E-state index in [-0.39, 0.29) is 34.6 Å². The molecule has 0 radical (unpaired) electrons. The molecule has 1 aromatic heterocycles. The summed E-state index contributed by atoms with van der Waals surface area (Å²) in [5.41, 5.74) is 3.63. The highest BCUT2D eigenvalue weighted by Crippen LogP contribution is 2.50. The Bertz CT molecular complexity index is 1560. The van der Waals surface area contributed by atoms with Crippen molar-refractivity contribution in [2.45, 2.75) is 30.6 Å². The lowest BCUT2D eigenvalue weighted by atomic mass is 10.0. The van der Waals surface area contributed by atoms with Crippen LogP contribution < -0.4 is 16.4 Å². The van der Waals surface area contributed by atoms with E-state index in [4.69, 9.17) is 11.1 Å². The molecule has 0 spiro atoms. The molecule has 0 unspecified atom stereocenters. The van der Waals surface area contributed by atoms with Gasteiger partial charge in [-0.3, -0.25) is 19.8 Å². The summed E-state index contributed by atoms with van der Waals surface area (Å²) in [5.74, 6) is -5.59. The molecule has 3 amide bonds. The molecular weight excluding hydrogens is 562 g/mol. The van der Waals surface area contributed by atoms with E-state index in [2.05, 4.69) is 10.6 Å². The van der Waals surface area contributed by atoms with Gasteiger partial charge < -0.3 is 21.3 Å². The number of rotatable bonds is 8. The first-order valence-corrected chi connectivity index (χ1v) is 13.5. The summed E-state index contributed by atoms with van der Waals surface area (Å²) in [6.07, 6.45) is -0.559. The highest BCUT2D eigenvalue weighted by molar-refractivity contribution is 7.10. The molecule has 214 valence electrons. The number of carbonyl (C=O) groups is 3. The fraction of sp³-hybridized carbons (Fsp3) is 0.286. The van der Waals surface area contributed by atoms with Crippen molar-refractivity contribution in [3.05, 3.63) is 81.0 Å². The first-order valence-electron chi connectivity index (χ1n) is 12.6. The summed E-state index contributed by atoms with van der Waals surface area (Å²) >= 11 is 1.25. The van der Waals surface area contributed by atoms with Crippen LogP contribution in [0, 0.1) is 5.41 Å². The van der Waals surface area contributed by atoms with E-state index in [1.54, 1.807) is 17.5 Å². The number of thiophene rings is 1. The second-order valence-corrected chi connectivity index (χ2v) is 11.0. The van der Waals surface area contributed by atoms with Gasteiger partial charge in [-0.2, -0.15) is 8.78 Å². The fourth-order valence-corrected chi connectivity index (χ4v) is 5.94.